The van der Waals surface area contributed by atoms with E-state index in [1.54, 1.807) is 0 Å². The maximum absolute atomic E-state index is 5.83. The molecule has 0 bridgehead atoms. The maximum Gasteiger partial charge on any atom is 0.186 e. The van der Waals surface area contributed by atoms with Crippen molar-refractivity contribution >= 4 is 0 Å². The van der Waals surface area contributed by atoms with Crippen LogP contribution in [0.4, 0.5) is 0 Å². The SMILES string of the molecule is CCCCc1cc(-c2nccn2Cc2ccc(-c3ccccc3-c3nnn[nH]3)cc2)c(C2OCCO2)cn1. The number of nitrogens with zero attached hydrogens (tertiary/aromatic N) is 6. The van der Waals surface area contributed by atoms with Gasteiger partial charge < -0.3 is 14.0 Å². The number of ether oxygens (including phenoxy) is 2. The molecule has 6 rings (SSSR count). The van der Waals surface area contributed by atoms with E-state index >= 15 is 0 Å². The van der Waals surface area contributed by atoms with E-state index in [9.17, 15) is 0 Å². The van der Waals surface area contributed by atoms with Gasteiger partial charge in [0.1, 0.15) is 5.82 Å². The Hall–Kier alpha value is -4.21. The van der Waals surface area contributed by atoms with Gasteiger partial charge in [0.15, 0.2) is 12.1 Å². The highest BCUT2D eigenvalue weighted by molar-refractivity contribution is 5.80. The molecule has 38 heavy (non-hydrogen) atoms. The van der Waals surface area contributed by atoms with E-state index in [0.29, 0.717) is 25.6 Å². The number of aryl methyl sites for hydroxylation is 1. The van der Waals surface area contributed by atoms with E-state index in [1.807, 2.05) is 36.8 Å². The predicted octanol–water partition coefficient (Wildman–Crippen LogP) is 5.23. The van der Waals surface area contributed by atoms with Gasteiger partial charge >= 0.3 is 0 Å². The van der Waals surface area contributed by atoms with Crippen molar-refractivity contribution in [2.45, 2.75) is 39.0 Å². The van der Waals surface area contributed by atoms with Gasteiger partial charge in [-0.15, -0.1) is 5.10 Å². The highest BCUT2D eigenvalue weighted by Crippen LogP contribution is 2.33. The minimum absolute atomic E-state index is 0.415. The normalized spacial score (nSPS) is 13.8. The average molecular weight is 508 g/mol. The molecule has 0 radical (unpaired) electrons. The van der Waals surface area contributed by atoms with Crippen LogP contribution in [0, 0.1) is 0 Å². The molecule has 0 spiro atoms. The van der Waals surface area contributed by atoms with Crippen molar-refractivity contribution in [3.05, 3.63) is 90.0 Å². The lowest BCUT2D eigenvalue weighted by molar-refractivity contribution is -0.0439. The van der Waals surface area contributed by atoms with Gasteiger partial charge in [0, 0.05) is 47.5 Å². The van der Waals surface area contributed by atoms with Gasteiger partial charge in [0.05, 0.1) is 13.2 Å². The van der Waals surface area contributed by atoms with E-state index in [-0.39, 0.29) is 0 Å². The average Bonchev–Trinajstić information content (AvgIpc) is 3.76. The Kier molecular flexibility index (Phi) is 7.01. The Morgan fingerprint density at radius 3 is 2.55 bits per heavy atom. The Bertz CT molecular complexity index is 1490. The van der Waals surface area contributed by atoms with Crippen molar-refractivity contribution in [3.63, 3.8) is 0 Å². The number of aromatic nitrogens is 7. The lowest BCUT2D eigenvalue weighted by Gasteiger charge is -2.17. The van der Waals surface area contributed by atoms with E-state index in [4.69, 9.17) is 19.4 Å². The van der Waals surface area contributed by atoms with Crippen LogP contribution in [-0.4, -0.2) is 48.4 Å². The van der Waals surface area contributed by atoms with E-state index in [2.05, 4.69) is 68.5 Å². The third kappa shape index (κ3) is 4.98. The molecule has 3 aromatic heterocycles. The van der Waals surface area contributed by atoms with Crippen LogP contribution in [-0.2, 0) is 22.4 Å². The molecule has 0 saturated carbocycles. The van der Waals surface area contributed by atoms with Crippen molar-refractivity contribution in [2.24, 2.45) is 0 Å². The molecule has 0 amide bonds. The largest absolute Gasteiger partial charge is 0.346 e. The lowest BCUT2D eigenvalue weighted by atomic mass is 9.98. The zero-order valence-electron chi connectivity index (χ0n) is 21.2. The summed E-state index contributed by atoms with van der Waals surface area (Å²) in [6.45, 7) is 4.04. The van der Waals surface area contributed by atoms with Gasteiger partial charge in [0.2, 0.25) is 0 Å². The summed E-state index contributed by atoms with van der Waals surface area (Å²) in [6.07, 6.45) is 8.49. The Morgan fingerprint density at radius 2 is 1.79 bits per heavy atom. The third-order valence-corrected chi connectivity index (χ3v) is 6.76. The third-order valence-electron chi connectivity index (χ3n) is 6.76. The molecule has 1 saturated heterocycles. The zero-order chi connectivity index (χ0) is 25.7. The van der Waals surface area contributed by atoms with E-state index in [1.165, 1.54) is 5.56 Å². The molecular weight excluding hydrogens is 478 g/mol. The number of rotatable bonds is 9. The Morgan fingerprint density at radius 1 is 0.974 bits per heavy atom. The number of benzene rings is 2. The molecule has 1 N–H and O–H groups in total. The summed E-state index contributed by atoms with van der Waals surface area (Å²) in [6, 6.07) is 18.8. The van der Waals surface area contributed by atoms with Gasteiger partial charge in [-0.3, -0.25) is 4.98 Å². The van der Waals surface area contributed by atoms with Crippen molar-refractivity contribution < 1.29 is 9.47 Å². The van der Waals surface area contributed by atoms with Gasteiger partial charge in [0.25, 0.3) is 0 Å². The molecule has 2 aromatic carbocycles. The second-order valence-corrected chi connectivity index (χ2v) is 9.31. The Labute approximate surface area is 220 Å². The number of hydrogen-bond donors (Lipinski definition) is 1. The first-order valence-corrected chi connectivity index (χ1v) is 13.0. The van der Waals surface area contributed by atoms with Crippen LogP contribution < -0.4 is 0 Å². The Balaban J connectivity index is 1.29. The quantitative estimate of drug-likeness (QED) is 0.291. The molecule has 1 fully saturated rings. The molecule has 192 valence electrons. The van der Waals surface area contributed by atoms with Crippen LogP contribution in [0.15, 0.2) is 73.2 Å². The van der Waals surface area contributed by atoms with E-state index in [0.717, 1.165) is 58.6 Å². The van der Waals surface area contributed by atoms with Crippen molar-refractivity contribution in [1.29, 1.82) is 0 Å². The highest BCUT2D eigenvalue weighted by atomic mass is 16.7. The monoisotopic (exact) mass is 507 g/mol. The lowest BCUT2D eigenvalue weighted by Crippen LogP contribution is -2.08. The summed E-state index contributed by atoms with van der Waals surface area (Å²) in [7, 11) is 0. The number of nitrogens with one attached hydrogen (secondary N) is 1. The number of aromatic amines is 1. The summed E-state index contributed by atoms with van der Waals surface area (Å²) >= 11 is 0. The highest BCUT2D eigenvalue weighted by Gasteiger charge is 2.25. The molecule has 4 heterocycles. The summed E-state index contributed by atoms with van der Waals surface area (Å²) in [5.41, 5.74) is 7.28. The van der Waals surface area contributed by atoms with Gasteiger partial charge in [-0.05, 0) is 46.0 Å². The minimum atomic E-state index is -0.415. The first-order valence-electron chi connectivity index (χ1n) is 13.0. The van der Waals surface area contributed by atoms with Crippen molar-refractivity contribution in [3.8, 4) is 33.9 Å². The molecule has 0 aliphatic carbocycles. The molecular formula is C29H29N7O2. The van der Waals surface area contributed by atoms with Crippen molar-refractivity contribution in [2.75, 3.05) is 13.2 Å². The van der Waals surface area contributed by atoms with Crippen LogP contribution in [0.25, 0.3) is 33.9 Å². The fourth-order valence-electron chi connectivity index (χ4n) is 4.81. The van der Waals surface area contributed by atoms with Crippen molar-refractivity contribution in [1.82, 2.24) is 35.2 Å². The fourth-order valence-corrected chi connectivity index (χ4v) is 4.81. The fraction of sp³-hybridized carbons (Fsp3) is 0.276. The number of H-pyrrole nitrogens is 1. The van der Waals surface area contributed by atoms with Gasteiger partial charge in [-0.1, -0.05) is 61.9 Å². The molecule has 0 unspecified atom stereocenters. The first kappa shape index (κ1) is 24.1. The molecule has 1 aliphatic heterocycles. The van der Waals surface area contributed by atoms with Gasteiger partial charge in [-0.25, -0.2) is 10.1 Å². The van der Waals surface area contributed by atoms with Crippen LogP contribution in [0.3, 0.4) is 0 Å². The molecule has 5 aromatic rings. The van der Waals surface area contributed by atoms with Crippen LogP contribution >= 0.6 is 0 Å². The second-order valence-electron chi connectivity index (χ2n) is 9.31. The smallest absolute Gasteiger partial charge is 0.186 e. The molecule has 1 aliphatic rings. The first-order chi connectivity index (χ1) is 18.8. The number of imidazole rings is 1. The number of unbranched alkanes of at least 4 members (excludes halogenated alkanes) is 1. The molecule has 9 heteroatoms. The van der Waals surface area contributed by atoms with Crippen LogP contribution in [0.5, 0.6) is 0 Å². The number of tetrazole rings is 1. The van der Waals surface area contributed by atoms with Crippen LogP contribution in [0.2, 0.25) is 0 Å². The standard InChI is InChI=1S/C29H29N7O2/c1-2-3-6-22-17-25(26(18-31-22)29-37-15-16-38-29)28-30-13-14-36(28)19-20-9-11-21(12-10-20)23-7-4-5-8-24(23)27-32-34-35-33-27/h4-5,7-14,17-18,29H,2-3,6,15-16,19H2,1H3,(H,32,33,34,35). The summed E-state index contributed by atoms with van der Waals surface area (Å²) < 4.78 is 13.8. The second kappa shape index (κ2) is 11.0. The molecule has 0 atom stereocenters. The number of pyridine rings is 1. The predicted molar refractivity (Wildman–Crippen MR) is 143 cm³/mol. The summed E-state index contributed by atoms with van der Waals surface area (Å²) in [5, 5.41) is 14.4. The maximum atomic E-state index is 5.83. The minimum Gasteiger partial charge on any atom is -0.346 e. The van der Waals surface area contributed by atoms with Crippen LogP contribution in [0.1, 0.15) is 42.9 Å². The summed E-state index contributed by atoms with van der Waals surface area (Å²) in [4.78, 5) is 9.44. The topological polar surface area (TPSA) is 104 Å². The number of hydrogen-bond acceptors (Lipinski definition) is 7. The molecule has 9 nitrogen and oxygen atoms in total. The van der Waals surface area contributed by atoms with E-state index < -0.39 is 6.29 Å². The summed E-state index contributed by atoms with van der Waals surface area (Å²) in [5.74, 6) is 1.53. The zero-order valence-corrected chi connectivity index (χ0v) is 21.2. The van der Waals surface area contributed by atoms with Gasteiger partial charge in [-0.2, -0.15) is 0 Å².